The minimum atomic E-state index is -0.765. The number of ketones is 1. The van der Waals surface area contributed by atoms with Crippen molar-refractivity contribution in [2.45, 2.75) is 38.3 Å². The second kappa shape index (κ2) is 11.0. The molecule has 0 bridgehead atoms. The number of benzene rings is 3. The summed E-state index contributed by atoms with van der Waals surface area (Å²) in [5, 5.41) is 0. The fourth-order valence-corrected chi connectivity index (χ4v) is 3.44. The van der Waals surface area contributed by atoms with Gasteiger partial charge in [-0.3, -0.25) is 4.79 Å². The van der Waals surface area contributed by atoms with Gasteiger partial charge in [-0.05, 0) is 16.7 Å². The molecule has 0 unspecified atom stereocenters. The Morgan fingerprint density at radius 2 is 1.10 bits per heavy atom. The van der Waals surface area contributed by atoms with Crippen molar-refractivity contribution in [3.05, 3.63) is 108 Å². The third kappa shape index (κ3) is 6.09. The third-order valence-electron chi connectivity index (χ3n) is 5.09. The SMILES string of the molecule is O=C1CO[C@H](OCc2ccccc2)[C@H](OCc2ccccc2)[C@H]1OCc1ccccc1. The van der Waals surface area contributed by atoms with Crippen LogP contribution >= 0.6 is 0 Å². The lowest BCUT2D eigenvalue weighted by atomic mass is 10.1. The molecular formula is C26H26O5. The van der Waals surface area contributed by atoms with E-state index in [1.54, 1.807) is 0 Å². The van der Waals surface area contributed by atoms with Crippen molar-refractivity contribution >= 4 is 5.78 Å². The summed E-state index contributed by atoms with van der Waals surface area (Å²) < 4.78 is 23.9. The highest BCUT2D eigenvalue weighted by molar-refractivity contribution is 5.85. The molecule has 5 heteroatoms. The fourth-order valence-electron chi connectivity index (χ4n) is 3.44. The molecule has 0 N–H and O–H groups in total. The number of hydrogen-bond acceptors (Lipinski definition) is 5. The molecule has 3 aromatic carbocycles. The summed E-state index contributed by atoms with van der Waals surface area (Å²) in [6.07, 6.45) is -2.14. The van der Waals surface area contributed by atoms with Gasteiger partial charge >= 0.3 is 0 Å². The lowest BCUT2D eigenvalue weighted by molar-refractivity contribution is -0.259. The molecule has 4 rings (SSSR count). The van der Waals surface area contributed by atoms with Crippen LogP contribution in [0.2, 0.25) is 0 Å². The number of ether oxygens (including phenoxy) is 4. The Labute approximate surface area is 182 Å². The molecule has 1 heterocycles. The molecule has 0 spiro atoms. The van der Waals surface area contributed by atoms with Crippen LogP contribution in [0.4, 0.5) is 0 Å². The van der Waals surface area contributed by atoms with Crippen LogP contribution in [0.5, 0.6) is 0 Å². The predicted molar refractivity (Wildman–Crippen MR) is 116 cm³/mol. The highest BCUT2D eigenvalue weighted by Crippen LogP contribution is 2.23. The average Bonchev–Trinajstić information content (AvgIpc) is 2.83. The Hall–Kier alpha value is -2.83. The van der Waals surface area contributed by atoms with Gasteiger partial charge in [-0.2, -0.15) is 0 Å². The monoisotopic (exact) mass is 418 g/mol. The van der Waals surface area contributed by atoms with Crippen molar-refractivity contribution < 1.29 is 23.7 Å². The first kappa shape index (κ1) is 21.4. The number of carbonyl (C=O) groups is 1. The van der Waals surface area contributed by atoms with Gasteiger partial charge < -0.3 is 18.9 Å². The van der Waals surface area contributed by atoms with Gasteiger partial charge in [0.1, 0.15) is 18.8 Å². The lowest BCUT2D eigenvalue weighted by Gasteiger charge is -2.36. The predicted octanol–water partition coefficient (Wildman–Crippen LogP) is 4.30. The summed E-state index contributed by atoms with van der Waals surface area (Å²) in [7, 11) is 0. The Morgan fingerprint density at radius 1 is 0.645 bits per heavy atom. The fraction of sp³-hybridized carbons (Fsp3) is 0.269. The topological polar surface area (TPSA) is 54.0 Å². The second-order valence-electron chi connectivity index (χ2n) is 7.42. The zero-order valence-electron chi connectivity index (χ0n) is 17.3. The molecule has 0 aromatic heterocycles. The maximum atomic E-state index is 12.7. The zero-order chi connectivity index (χ0) is 21.3. The molecule has 0 aliphatic carbocycles. The van der Waals surface area contributed by atoms with E-state index in [4.69, 9.17) is 18.9 Å². The van der Waals surface area contributed by atoms with Gasteiger partial charge in [0, 0.05) is 0 Å². The number of hydrogen-bond donors (Lipinski definition) is 0. The van der Waals surface area contributed by atoms with E-state index in [-0.39, 0.29) is 12.4 Å². The van der Waals surface area contributed by atoms with Crippen LogP contribution in [-0.4, -0.2) is 30.9 Å². The van der Waals surface area contributed by atoms with Crippen LogP contribution in [0, 0.1) is 0 Å². The third-order valence-corrected chi connectivity index (χ3v) is 5.09. The number of carbonyl (C=O) groups excluding carboxylic acids is 1. The Kier molecular flexibility index (Phi) is 7.58. The van der Waals surface area contributed by atoms with Crippen molar-refractivity contribution in [2.75, 3.05) is 6.61 Å². The van der Waals surface area contributed by atoms with Crippen LogP contribution in [0.3, 0.4) is 0 Å². The van der Waals surface area contributed by atoms with E-state index in [1.807, 2.05) is 91.0 Å². The van der Waals surface area contributed by atoms with E-state index in [1.165, 1.54) is 0 Å². The average molecular weight is 418 g/mol. The highest BCUT2D eigenvalue weighted by atomic mass is 16.7. The summed E-state index contributed by atoms with van der Waals surface area (Å²) in [5.41, 5.74) is 3.01. The molecule has 31 heavy (non-hydrogen) atoms. The molecule has 1 aliphatic heterocycles. The van der Waals surface area contributed by atoms with E-state index < -0.39 is 18.5 Å². The van der Waals surface area contributed by atoms with E-state index in [0.29, 0.717) is 19.8 Å². The van der Waals surface area contributed by atoms with E-state index in [2.05, 4.69) is 0 Å². The highest BCUT2D eigenvalue weighted by Gasteiger charge is 2.42. The second-order valence-corrected chi connectivity index (χ2v) is 7.42. The summed E-state index contributed by atoms with van der Waals surface area (Å²) in [6, 6.07) is 29.4. The van der Waals surface area contributed by atoms with Crippen molar-refractivity contribution in [2.24, 2.45) is 0 Å². The van der Waals surface area contributed by atoms with Crippen LogP contribution < -0.4 is 0 Å². The minimum absolute atomic E-state index is 0.0654. The van der Waals surface area contributed by atoms with E-state index in [9.17, 15) is 4.79 Å². The van der Waals surface area contributed by atoms with Gasteiger partial charge in [0.05, 0.1) is 19.8 Å². The molecular weight excluding hydrogens is 392 g/mol. The molecule has 3 atom stereocenters. The largest absolute Gasteiger partial charge is 0.365 e. The summed E-state index contributed by atoms with van der Waals surface area (Å²) in [5.74, 6) is -0.145. The maximum absolute atomic E-state index is 12.7. The van der Waals surface area contributed by atoms with Gasteiger partial charge in [-0.1, -0.05) is 91.0 Å². The van der Waals surface area contributed by atoms with Gasteiger partial charge in [-0.25, -0.2) is 0 Å². The summed E-state index contributed by atoms with van der Waals surface area (Å²) >= 11 is 0. The zero-order valence-corrected chi connectivity index (χ0v) is 17.3. The molecule has 3 aromatic rings. The minimum Gasteiger partial charge on any atom is -0.365 e. The van der Waals surface area contributed by atoms with Crippen LogP contribution in [-0.2, 0) is 43.6 Å². The normalized spacial score (nSPS) is 21.2. The number of Topliss-reactive ketones (excluding diaryl/α,β-unsaturated/α-hetero) is 1. The molecule has 0 amide bonds. The Bertz CT molecular complexity index is 930. The first-order valence-electron chi connectivity index (χ1n) is 10.4. The van der Waals surface area contributed by atoms with E-state index >= 15 is 0 Å². The van der Waals surface area contributed by atoms with Gasteiger partial charge in [-0.15, -0.1) is 0 Å². The Morgan fingerprint density at radius 3 is 1.61 bits per heavy atom. The summed E-state index contributed by atoms with van der Waals surface area (Å²) in [6.45, 7) is 0.937. The first-order chi connectivity index (χ1) is 15.3. The quantitative estimate of drug-likeness (QED) is 0.519. The first-order valence-corrected chi connectivity index (χ1v) is 10.4. The van der Waals surface area contributed by atoms with Crippen LogP contribution in [0.1, 0.15) is 16.7 Å². The van der Waals surface area contributed by atoms with Crippen molar-refractivity contribution in [3.8, 4) is 0 Å². The molecule has 0 saturated carbocycles. The molecule has 1 fully saturated rings. The Balaban J connectivity index is 1.47. The van der Waals surface area contributed by atoms with E-state index in [0.717, 1.165) is 16.7 Å². The molecule has 1 aliphatic rings. The molecule has 5 nitrogen and oxygen atoms in total. The maximum Gasteiger partial charge on any atom is 0.190 e. The van der Waals surface area contributed by atoms with Gasteiger partial charge in [0.2, 0.25) is 0 Å². The van der Waals surface area contributed by atoms with Crippen molar-refractivity contribution in [1.82, 2.24) is 0 Å². The van der Waals surface area contributed by atoms with Crippen molar-refractivity contribution in [3.63, 3.8) is 0 Å². The molecule has 160 valence electrons. The van der Waals surface area contributed by atoms with Crippen LogP contribution in [0.15, 0.2) is 91.0 Å². The smallest absolute Gasteiger partial charge is 0.190 e. The molecule has 0 radical (unpaired) electrons. The van der Waals surface area contributed by atoms with Gasteiger partial charge in [0.15, 0.2) is 12.1 Å². The lowest BCUT2D eigenvalue weighted by Crippen LogP contribution is -2.53. The molecule has 1 saturated heterocycles. The number of rotatable bonds is 9. The van der Waals surface area contributed by atoms with Gasteiger partial charge in [0.25, 0.3) is 0 Å². The van der Waals surface area contributed by atoms with Crippen molar-refractivity contribution in [1.29, 1.82) is 0 Å². The van der Waals surface area contributed by atoms with Crippen LogP contribution in [0.25, 0.3) is 0 Å². The standard InChI is InChI=1S/C26H26O5/c27-23-19-31-26(30-18-22-14-8-3-9-15-22)25(29-17-21-12-6-2-7-13-21)24(23)28-16-20-10-4-1-5-11-20/h1-15,24-26H,16-19H2/t24-,25+,26-/m0/s1. The summed E-state index contributed by atoms with van der Waals surface area (Å²) in [4.78, 5) is 12.7.